The standard InChI is InChI=1S/C24H22N2O2S/c1-15-10-19(28-14-18-5-3-4-17(11-18)13-25)7-8-22(15)26-24(27)21-12-20(21)23-9-6-16(2)29-23/h3-11,20-21H,12,14H2,1-2H3,(H,26,27). The Hall–Kier alpha value is -3.10. The van der Waals surface area contributed by atoms with Crippen molar-refractivity contribution in [2.45, 2.75) is 32.8 Å². The van der Waals surface area contributed by atoms with Crippen LogP contribution in [0.5, 0.6) is 5.75 Å². The molecule has 2 atom stereocenters. The number of aryl methyl sites for hydroxylation is 2. The minimum absolute atomic E-state index is 0.0655. The van der Waals surface area contributed by atoms with Crippen LogP contribution in [0, 0.1) is 31.1 Å². The Morgan fingerprint density at radius 2 is 2.07 bits per heavy atom. The van der Waals surface area contributed by atoms with E-state index in [0.717, 1.165) is 29.0 Å². The molecule has 1 N–H and O–H groups in total. The highest BCUT2D eigenvalue weighted by molar-refractivity contribution is 7.12. The molecular weight excluding hydrogens is 380 g/mol. The second kappa shape index (κ2) is 8.10. The molecule has 4 nitrogen and oxygen atoms in total. The van der Waals surface area contributed by atoms with Crippen LogP contribution in [0.2, 0.25) is 0 Å². The number of nitrogens with zero attached hydrogens (tertiary/aromatic N) is 1. The number of hydrogen-bond acceptors (Lipinski definition) is 4. The van der Waals surface area contributed by atoms with Gasteiger partial charge in [0.1, 0.15) is 12.4 Å². The maximum atomic E-state index is 12.6. The molecule has 5 heteroatoms. The van der Waals surface area contributed by atoms with Crippen molar-refractivity contribution in [1.82, 2.24) is 0 Å². The van der Waals surface area contributed by atoms with Gasteiger partial charge in [0.15, 0.2) is 0 Å². The molecule has 3 aromatic rings. The molecule has 0 spiro atoms. The highest BCUT2D eigenvalue weighted by atomic mass is 32.1. The number of anilines is 1. The zero-order valence-electron chi connectivity index (χ0n) is 16.4. The van der Waals surface area contributed by atoms with Crippen molar-refractivity contribution in [3.63, 3.8) is 0 Å². The lowest BCUT2D eigenvalue weighted by Crippen LogP contribution is -2.15. The normalized spacial score (nSPS) is 17.4. The van der Waals surface area contributed by atoms with Gasteiger partial charge in [-0.1, -0.05) is 12.1 Å². The smallest absolute Gasteiger partial charge is 0.228 e. The minimum Gasteiger partial charge on any atom is -0.489 e. The first-order valence-electron chi connectivity index (χ1n) is 9.63. The van der Waals surface area contributed by atoms with Crippen LogP contribution in [0.3, 0.4) is 0 Å². The van der Waals surface area contributed by atoms with E-state index in [9.17, 15) is 4.79 Å². The number of amides is 1. The molecule has 146 valence electrons. The van der Waals surface area contributed by atoms with Gasteiger partial charge >= 0.3 is 0 Å². The van der Waals surface area contributed by atoms with Crippen molar-refractivity contribution >= 4 is 22.9 Å². The van der Waals surface area contributed by atoms with E-state index in [1.807, 2.05) is 43.3 Å². The Bertz CT molecular complexity index is 1100. The monoisotopic (exact) mass is 402 g/mol. The molecule has 2 unspecified atom stereocenters. The Balaban J connectivity index is 1.35. The van der Waals surface area contributed by atoms with Crippen molar-refractivity contribution in [1.29, 1.82) is 5.26 Å². The maximum Gasteiger partial charge on any atom is 0.228 e. The van der Waals surface area contributed by atoms with Gasteiger partial charge in [-0.2, -0.15) is 5.26 Å². The highest BCUT2D eigenvalue weighted by Crippen LogP contribution is 2.50. The van der Waals surface area contributed by atoms with Crippen LogP contribution in [0.15, 0.2) is 54.6 Å². The molecule has 1 aliphatic rings. The fraction of sp³-hybridized carbons (Fsp3) is 0.250. The average Bonchev–Trinajstić information content (AvgIpc) is 3.42. The molecule has 2 aromatic carbocycles. The molecular formula is C24H22N2O2S. The zero-order valence-corrected chi connectivity index (χ0v) is 17.3. The van der Waals surface area contributed by atoms with Gasteiger partial charge in [-0.05, 0) is 73.9 Å². The molecule has 1 amide bonds. The molecule has 4 rings (SSSR count). The molecule has 1 fully saturated rings. The molecule has 1 aromatic heterocycles. The van der Waals surface area contributed by atoms with Crippen LogP contribution < -0.4 is 10.1 Å². The van der Waals surface area contributed by atoms with Crippen molar-refractivity contribution < 1.29 is 9.53 Å². The summed E-state index contributed by atoms with van der Waals surface area (Å²) in [5.41, 5.74) is 3.35. The lowest BCUT2D eigenvalue weighted by molar-refractivity contribution is -0.117. The van der Waals surface area contributed by atoms with Gasteiger partial charge in [-0.15, -0.1) is 11.3 Å². The number of hydrogen-bond donors (Lipinski definition) is 1. The number of benzene rings is 2. The SMILES string of the molecule is Cc1ccc(C2CC2C(=O)Nc2ccc(OCc3cccc(C#N)c3)cc2C)s1. The first-order valence-corrected chi connectivity index (χ1v) is 10.4. The van der Waals surface area contributed by atoms with Crippen LogP contribution >= 0.6 is 11.3 Å². The quantitative estimate of drug-likeness (QED) is 0.587. The fourth-order valence-electron chi connectivity index (χ4n) is 3.44. The van der Waals surface area contributed by atoms with E-state index in [1.165, 1.54) is 9.75 Å². The van der Waals surface area contributed by atoms with Gasteiger partial charge in [0.25, 0.3) is 0 Å². The van der Waals surface area contributed by atoms with Crippen LogP contribution in [0.25, 0.3) is 0 Å². The van der Waals surface area contributed by atoms with E-state index in [2.05, 4.69) is 30.4 Å². The summed E-state index contributed by atoms with van der Waals surface area (Å²) in [6.45, 7) is 4.45. The van der Waals surface area contributed by atoms with Gasteiger partial charge in [0, 0.05) is 27.3 Å². The number of carbonyl (C=O) groups is 1. The van der Waals surface area contributed by atoms with Gasteiger partial charge in [0.05, 0.1) is 11.6 Å². The van der Waals surface area contributed by atoms with Crippen LogP contribution in [0.4, 0.5) is 5.69 Å². The van der Waals surface area contributed by atoms with Gasteiger partial charge in [-0.3, -0.25) is 4.79 Å². The van der Waals surface area contributed by atoms with E-state index in [0.29, 0.717) is 18.1 Å². The third-order valence-electron chi connectivity index (χ3n) is 5.17. The zero-order chi connectivity index (χ0) is 20.4. The Labute approximate surface area is 174 Å². The topological polar surface area (TPSA) is 62.1 Å². The van der Waals surface area contributed by atoms with Crippen molar-refractivity contribution in [2.75, 3.05) is 5.32 Å². The number of rotatable bonds is 6. The molecule has 1 aliphatic carbocycles. The fourth-order valence-corrected chi connectivity index (χ4v) is 4.50. The maximum absolute atomic E-state index is 12.6. The number of carbonyl (C=O) groups excluding carboxylic acids is 1. The summed E-state index contributed by atoms with van der Waals surface area (Å²) in [5.74, 6) is 1.25. The minimum atomic E-state index is 0.0655. The van der Waals surface area contributed by atoms with E-state index in [4.69, 9.17) is 10.00 Å². The van der Waals surface area contributed by atoms with Gasteiger partial charge in [0.2, 0.25) is 5.91 Å². The summed E-state index contributed by atoms with van der Waals surface area (Å²) in [6, 6.07) is 19.5. The van der Waals surface area contributed by atoms with Crippen LogP contribution in [-0.4, -0.2) is 5.91 Å². The predicted molar refractivity (Wildman–Crippen MR) is 115 cm³/mol. The Morgan fingerprint density at radius 3 is 2.79 bits per heavy atom. The summed E-state index contributed by atoms with van der Waals surface area (Å²) >= 11 is 1.78. The Morgan fingerprint density at radius 1 is 1.21 bits per heavy atom. The number of nitrogens with one attached hydrogen (secondary N) is 1. The van der Waals surface area contributed by atoms with E-state index < -0.39 is 0 Å². The number of thiophene rings is 1. The first-order chi connectivity index (χ1) is 14.0. The summed E-state index contributed by atoms with van der Waals surface area (Å²) in [7, 11) is 0. The molecule has 1 heterocycles. The van der Waals surface area contributed by atoms with Gasteiger partial charge < -0.3 is 10.1 Å². The summed E-state index contributed by atoms with van der Waals surface area (Å²) < 4.78 is 5.85. The van der Waals surface area contributed by atoms with Crippen molar-refractivity contribution in [3.8, 4) is 11.8 Å². The molecule has 1 saturated carbocycles. The third kappa shape index (κ3) is 4.49. The van der Waals surface area contributed by atoms with Crippen molar-refractivity contribution in [2.24, 2.45) is 5.92 Å². The molecule has 0 saturated heterocycles. The van der Waals surface area contributed by atoms with Crippen LogP contribution in [0.1, 0.15) is 38.8 Å². The molecule has 0 aliphatic heterocycles. The second-order valence-electron chi connectivity index (χ2n) is 7.46. The van der Waals surface area contributed by atoms with E-state index in [1.54, 1.807) is 17.4 Å². The van der Waals surface area contributed by atoms with Crippen molar-refractivity contribution in [3.05, 3.63) is 81.0 Å². The number of ether oxygens (including phenoxy) is 1. The lowest BCUT2D eigenvalue weighted by Gasteiger charge is -2.12. The number of nitriles is 1. The summed E-state index contributed by atoms with van der Waals surface area (Å²) in [4.78, 5) is 15.2. The first kappa shape index (κ1) is 19.2. The van der Waals surface area contributed by atoms with Crippen LogP contribution in [-0.2, 0) is 11.4 Å². The van der Waals surface area contributed by atoms with E-state index in [-0.39, 0.29) is 11.8 Å². The summed E-state index contributed by atoms with van der Waals surface area (Å²) in [6.07, 6.45) is 0.924. The lowest BCUT2D eigenvalue weighted by atomic mass is 10.1. The van der Waals surface area contributed by atoms with Gasteiger partial charge in [-0.25, -0.2) is 0 Å². The molecule has 29 heavy (non-hydrogen) atoms. The molecule has 0 radical (unpaired) electrons. The average molecular weight is 403 g/mol. The molecule has 0 bridgehead atoms. The third-order valence-corrected chi connectivity index (χ3v) is 6.30. The largest absolute Gasteiger partial charge is 0.489 e. The second-order valence-corrected chi connectivity index (χ2v) is 8.78. The predicted octanol–water partition coefficient (Wildman–Crippen LogP) is 5.56. The Kier molecular flexibility index (Phi) is 5.37. The highest BCUT2D eigenvalue weighted by Gasteiger charge is 2.44. The summed E-state index contributed by atoms with van der Waals surface area (Å²) in [5, 5.41) is 12.1. The van der Waals surface area contributed by atoms with E-state index >= 15 is 0 Å².